The maximum Gasteiger partial charge on any atom is 0.315 e. The molecule has 2 N–H and O–H groups in total. The average Bonchev–Trinajstić information content (AvgIpc) is 2.59. The van der Waals surface area contributed by atoms with E-state index in [1.165, 1.54) is 5.56 Å². The zero-order chi connectivity index (χ0) is 18.3. The Balaban J connectivity index is 1.85. The standard InChI is InChI=1S/C20H33N3O2/c1-5-6-12-22-19(24)23-17-7-10-20(3,11-8-17)14-16-9-13-21-18(25-4)15(16)2/h9,13,17H,5-8,10-12,14H2,1-4H3,(H2,22,23,24). The molecule has 1 aliphatic carbocycles. The van der Waals surface area contributed by atoms with Gasteiger partial charge in [-0.2, -0.15) is 0 Å². The zero-order valence-electron chi connectivity index (χ0n) is 16.2. The molecule has 0 aromatic carbocycles. The molecular formula is C20H33N3O2. The fourth-order valence-electron chi connectivity index (χ4n) is 3.66. The maximum absolute atomic E-state index is 11.9. The summed E-state index contributed by atoms with van der Waals surface area (Å²) in [5.41, 5.74) is 2.73. The lowest BCUT2D eigenvalue weighted by Crippen LogP contribution is -2.45. The van der Waals surface area contributed by atoms with Crippen molar-refractivity contribution in [1.29, 1.82) is 0 Å². The van der Waals surface area contributed by atoms with Crippen molar-refractivity contribution in [3.63, 3.8) is 0 Å². The molecule has 0 saturated heterocycles. The second-order valence-corrected chi connectivity index (χ2v) is 7.62. The summed E-state index contributed by atoms with van der Waals surface area (Å²) in [6.07, 6.45) is 9.32. The number of nitrogens with zero attached hydrogens (tertiary/aromatic N) is 1. The van der Waals surface area contributed by atoms with Crippen molar-refractivity contribution in [3.8, 4) is 5.88 Å². The fourth-order valence-corrected chi connectivity index (χ4v) is 3.66. The number of aromatic nitrogens is 1. The Kier molecular flexibility index (Phi) is 7.09. The van der Waals surface area contributed by atoms with E-state index in [0.29, 0.717) is 6.04 Å². The molecule has 0 atom stereocenters. The predicted molar refractivity (Wildman–Crippen MR) is 101 cm³/mol. The van der Waals surface area contributed by atoms with E-state index in [4.69, 9.17) is 4.74 Å². The van der Waals surface area contributed by atoms with Crippen molar-refractivity contribution in [2.75, 3.05) is 13.7 Å². The Labute approximate surface area is 151 Å². The lowest BCUT2D eigenvalue weighted by atomic mass is 9.70. The number of nitrogens with one attached hydrogen (secondary N) is 2. The van der Waals surface area contributed by atoms with Crippen molar-refractivity contribution in [2.24, 2.45) is 5.41 Å². The normalized spacial score (nSPS) is 23.1. The van der Waals surface area contributed by atoms with Crippen LogP contribution in [0.3, 0.4) is 0 Å². The monoisotopic (exact) mass is 347 g/mol. The first-order valence-corrected chi connectivity index (χ1v) is 9.50. The molecule has 2 amide bonds. The molecule has 1 aliphatic rings. The minimum atomic E-state index is -0.0169. The number of pyridine rings is 1. The molecule has 1 heterocycles. The summed E-state index contributed by atoms with van der Waals surface area (Å²) < 4.78 is 5.34. The minimum Gasteiger partial charge on any atom is -0.481 e. The second kappa shape index (κ2) is 9.07. The van der Waals surface area contributed by atoms with Gasteiger partial charge < -0.3 is 15.4 Å². The van der Waals surface area contributed by atoms with Gasteiger partial charge in [0, 0.05) is 24.3 Å². The molecule has 1 fully saturated rings. The molecule has 0 bridgehead atoms. The molecule has 5 nitrogen and oxygen atoms in total. The SMILES string of the molecule is CCCCNC(=O)NC1CCC(C)(Cc2ccnc(OC)c2C)CC1. The van der Waals surface area contributed by atoms with Gasteiger partial charge in [-0.15, -0.1) is 0 Å². The number of urea groups is 1. The third kappa shape index (κ3) is 5.62. The van der Waals surface area contributed by atoms with Crippen LogP contribution in [-0.4, -0.2) is 30.7 Å². The minimum absolute atomic E-state index is 0.0169. The topological polar surface area (TPSA) is 63.2 Å². The summed E-state index contributed by atoms with van der Waals surface area (Å²) in [4.78, 5) is 16.2. The van der Waals surface area contributed by atoms with E-state index in [-0.39, 0.29) is 11.4 Å². The number of unbranched alkanes of at least 4 members (excludes halogenated alkanes) is 1. The molecule has 0 radical (unpaired) electrons. The molecule has 140 valence electrons. The van der Waals surface area contributed by atoms with Crippen LogP contribution >= 0.6 is 0 Å². The summed E-state index contributed by atoms with van der Waals surface area (Å²) in [6.45, 7) is 7.33. The highest BCUT2D eigenvalue weighted by molar-refractivity contribution is 5.74. The van der Waals surface area contributed by atoms with Crippen molar-refractivity contribution in [2.45, 2.75) is 71.8 Å². The molecule has 1 aromatic rings. The lowest BCUT2D eigenvalue weighted by Gasteiger charge is -2.38. The first-order valence-electron chi connectivity index (χ1n) is 9.50. The Morgan fingerprint density at radius 3 is 2.76 bits per heavy atom. The number of hydrogen-bond acceptors (Lipinski definition) is 3. The van der Waals surface area contributed by atoms with Gasteiger partial charge in [0.25, 0.3) is 0 Å². The smallest absolute Gasteiger partial charge is 0.315 e. The lowest BCUT2D eigenvalue weighted by molar-refractivity contribution is 0.179. The maximum atomic E-state index is 11.9. The van der Waals surface area contributed by atoms with Gasteiger partial charge in [0.1, 0.15) is 0 Å². The predicted octanol–water partition coefficient (Wildman–Crippen LogP) is 3.99. The molecule has 25 heavy (non-hydrogen) atoms. The summed E-state index contributed by atoms with van der Waals surface area (Å²) in [7, 11) is 1.67. The average molecular weight is 348 g/mol. The molecule has 1 aromatic heterocycles. The van der Waals surface area contributed by atoms with Crippen molar-refractivity contribution in [3.05, 3.63) is 23.4 Å². The highest BCUT2D eigenvalue weighted by atomic mass is 16.5. The van der Waals surface area contributed by atoms with Crippen LogP contribution in [0, 0.1) is 12.3 Å². The van der Waals surface area contributed by atoms with Crippen LogP contribution in [0.25, 0.3) is 0 Å². The van der Waals surface area contributed by atoms with Gasteiger partial charge in [-0.3, -0.25) is 0 Å². The number of amides is 2. The number of methoxy groups -OCH3 is 1. The number of rotatable bonds is 7. The van der Waals surface area contributed by atoms with Crippen LogP contribution in [-0.2, 0) is 6.42 Å². The van der Waals surface area contributed by atoms with Crippen LogP contribution in [0.4, 0.5) is 4.79 Å². The molecule has 2 rings (SSSR count). The van der Waals surface area contributed by atoms with E-state index in [1.54, 1.807) is 7.11 Å². The van der Waals surface area contributed by atoms with Gasteiger partial charge in [-0.05, 0) is 62.5 Å². The van der Waals surface area contributed by atoms with Crippen LogP contribution in [0.15, 0.2) is 12.3 Å². The van der Waals surface area contributed by atoms with Gasteiger partial charge in [0.15, 0.2) is 0 Å². The zero-order valence-corrected chi connectivity index (χ0v) is 16.2. The van der Waals surface area contributed by atoms with Crippen LogP contribution in [0.5, 0.6) is 5.88 Å². The molecule has 0 aliphatic heterocycles. The summed E-state index contributed by atoms with van der Waals surface area (Å²) >= 11 is 0. The fraction of sp³-hybridized carbons (Fsp3) is 0.700. The van der Waals surface area contributed by atoms with E-state index in [0.717, 1.165) is 62.9 Å². The van der Waals surface area contributed by atoms with Crippen molar-refractivity contribution < 1.29 is 9.53 Å². The largest absolute Gasteiger partial charge is 0.481 e. The van der Waals surface area contributed by atoms with E-state index in [1.807, 2.05) is 6.20 Å². The molecule has 0 unspecified atom stereocenters. The third-order valence-electron chi connectivity index (χ3n) is 5.42. The second-order valence-electron chi connectivity index (χ2n) is 7.62. The highest BCUT2D eigenvalue weighted by Crippen LogP contribution is 2.39. The van der Waals surface area contributed by atoms with Gasteiger partial charge in [-0.25, -0.2) is 9.78 Å². The first-order chi connectivity index (χ1) is 12.0. The van der Waals surface area contributed by atoms with Crippen LogP contribution in [0.1, 0.15) is 63.5 Å². The van der Waals surface area contributed by atoms with Crippen LogP contribution < -0.4 is 15.4 Å². The van der Waals surface area contributed by atoms with E-state index in [2.05, 4.69) is 42.5 Å². The number of carbonyl (C=O) groups is 1. The van der Waals surface area contributed by atoms with Gasteiger partial charge >= 0.3 is 6.03 Å². The van der Waals surface area contributed by atoms with E-state index < -0.39 is 0 Å². The van der Waals surface area contributed by atoms with Gasteiger partial charge in [0.2, 0.25) is 5.88 Å². The van der Waals surface area contributed by atoms with Crippen LogP contribution in [0.2, 0.25) is 0 Å². The van der Waals surface area contributed by atoms with Gasteiger partial charge in [0.05, 0.1) is 7.11 Å². The summed E-state index contributed by atoms with van der Waals surface area (Å²) in [5.74, 6) is 0.722. The highest BCUT2D eigenvalue weighted by Gasteiger charge is 2.32. The number of carbonyl (C=O) groups excluding carboxylic acids is 1. The Hall–Kier alpha value is -1.78. The van der Waals surface area contributed by atoms with Crippen molar-refractivity contribution in [1.82, 2.24) is 15.6 Å². The Morgan fingerprint density at radius 2 is 2.12 bits per heavy atom. The molecule has 5 heteroatoms. The third-order valence-corrected chi connectivity index (χ3v) is 5.42. The number of hydrogen-bond donors (Lipinski definition) is 2. The van der Waals surface area contributed by atoms with Gasteiger partial charge in [-0.1, -0.05) is 20.3 Å². The first kappa shape index (κ1) is 19.5. The summed E-state index contributed by atoms with van der Waals surface area (Å²) in [5, 5.41) is 6.07. The number of ether oxygens (including phenoxy) is 1. The molecule has 1 saturated carbocycles. The van der Waals surface area contributed by atoms with E-state index in [9.17, 15) is 4.79 Å². The van der Waals surface area contributed by atoms with E-state index >= 15 is 0 Å². The quantitative estimate of drug-likeness (QED) is 0.733. The molecule has 0 spiro atoms. The van der Waals surface area contributed by atoms with Crippen molar-refractivity contribution >= 4 is 6.03 Å². The molecular weight excluding hydrogens is 314 g/mol. The Morgan fingerprint density at radius 1 is 1.40 bits per heavy atom. The summed E-state index contributed by atoms with van der Waals surface area (Å²) in [6, 6.07) is 2.38. The Bertz CT molecular complexity index is 566.